The molecule has 0 fully saturated rings. The molecule has 0 radical (unpaired) electrons. The second-order valence-electron chi connectivity index (χ2n) is 7.74. The lowest BCUT2D eigenvalue weighted by Crippen LogP contribution is -2.41. The Bertz CT molecular complexity index is 1240. The van der Waals surface area contributed by atoms with Crippen LogP contribution in [0.5, 0.6) is 17.2 Å². The Morgan fingerprint density at radius 1 is 0.500 bits per heavy atom. The molecule has 0 spiro atoms. The van der Waals surface area contributed by atoms with Crippen molar-refractivity contribution in [1.82, 2.24) is 10.9 Å². The summed E-state index contributed by atoms with van der Waals surface area (Å²) in [5.74, 6) is 1.17. The van der Waals surface area contributed by atoms with Gasteiger partial charge in [-0.25, -0.2) is 0 Å². The number of hydrazine groups is 1. The fourth-order valence-corrected chi connectivity index (χ4v) is 3.24. The molecular weight excluding hydrogens is 456 g/mol. The molecule has 4 aromatic carbocycles. The number of rotatable bonds is 10. The Morgan fingerprint density at radius 2 is 0.917 bits per heavy atom. The highest BCUT2D eigenvalue weighted by molar-refractivity contribution is 5.99. The van der Waals surface area contributed by atoms with E-state index in [1.807, 2.05) is 60.7 Å². The molecule has 4 aromatic rings. The highest BCUT2D eigenvalue weighted by Gasteiger charge is 2.10. The number of ether oxygens (including phenoxy) is 3. The summed E-state index contributed by atoms with van der Waals surface area (Å²) in [7, 11) is 0. The lowest BCUT2D eigenvalue weighted by molar-refractivity contribution is 0.0846. The Balaban J connectivity index is 1.18. The fourth-order valence-electron chi connectivity index (χ4n) is 3.24. The summed E-state index contributed by atoms with van der Waals surface area (Å²) in [6.45, 7) is 1.21. The Labute approximate surface area is 209 Å². The highest BCUT2D eigenvalue weighted by atomic mass is 16.5. The van der Waals surface area contributed by atoms with Crippen molar-refractivity contribution in [1.29, 1.82) is 0 Å². The van der Waals surface area contributed by atoms with E-state index in [9.17, 15) is 9.59 Å². The van der Waals surface area contributed by atoms with Crippen LogP contribution in [0.2, 0.25) is 0 Å². The first-order chi connectivity index (χ1) is 17.7. The molecule has 0 heterocycles. The molecule has 0 aliphatic carbocycles. The van der Waals surface area contributed by atoms with Gasteiger partial charge >= 0.3 is 0 Å². The van der Waals surface area contributed by atoms with Crippen molar-refractivity contribution in [2.45, 2.75) is 6.61 Å². The van der Waals surface area contributed by atoms with Crippen LogP contribution in [0.25, 0.3) is 0 Å². The number of benzene rings is 4. The molecule has 0 saturated heterocycles. The predicted molar refractivity (Wildman–Crippen MR) is 136 cm³/mol. The lowest BCUT2D eigenvalue weighted by Gasteiger charge is -2.10. The first-order valence-electron chi connectivity index (χ1n) is 11.5. The first kappa shape index (κ1) is 24.3. The SMILES string of the molecule is O=C(NNC(=O)c1ccc(OCc2ccccc2)cc1)c1ccc(OCCOc2ccccc2)cc1. The first-order valence-corrected chi connectivity index (χ1v) is 11.5. The van der Waals surface area contributed by atoms with Gasteiger partial charge in [-0.05, 0) is 66.2 Å². The third kappa shape index (κ3) is 7.36. The van der Waals surface area contributed by atoms with Crippen molar-refractivity contribution in [3.05, 3.63) is 126 Å². The second-order valence-corrected chi connectivity index (χ2v) is 7.74. The summed E-state index contributed by atoms with van der Waals surface area (Å²) in [6, 6.07) is 32.6. The summed E-state index contributed by atoms with van der Waals surface area (Å²) in [5, 5.41) is 0. The van der Waals surface area contributed by atoms with E-state index in [0.717, 1.165) is 11.3 Å². The van der Waals surface area contributed by atoms with Gasteiger partial charge in [-0.2, -0.15) is 0 Å². The van der Waals surface area contributed by atoms with Crippen LogP contribution < -0.4 is 25.1 Å². The van der Waals surface area contributed by atoms with E-state index < -0.39 is 11.8 Å². The zero-order valence-electron chi connectivity index (χ0n) is 19.6. The number of nitrogens with one attached hydrogen (secondary N) is 2. The number of hydrogen-bond acceptors (Lipinski definition) is 5. The molecule has 0 atom stereocenters. The summed E-state index contributed by atoms with van der Waals surface area (Å²) in [6.07, 6.45) is 0. The maximum Gasteiger partial charge on any atom is 0.269 e. The summed E-state index contributed by atoms with van der Waals surface area (Å²) in [5.41, 5.74) is 6.67. The summed E-state index contributed by atoms with van der Waals surface area (Å²) < 4.78 is 16.9. The number of carbonyl (C=O) groups excluding carboxylic acids is 2. The van der Waals surface area contributed by atoms with E-state index in [1.165, 1.54) is 0 Å². The van der Waals surface area contributed by atoms with Gasteiger partial charge in [0, 0.05) is 11.1 Å². The van der Waals surface area contributed by atoms with Crippen LogP contribution >= 0.6 is 0 Å². The standard InChI is InChI=1S/C29H26N2O5/c32-28(23-11-15-26(16-12-23)35-20-19-34-25-9-5-2-6-10-25)30-31-29(33)24-13-17-27(18-14-24)36-21-22-7-3-1-4-8-22/h1-18H,19-21H2,(H,30,32)(H,31,33). The molecule has 0 aliphatic rings. The number of amides is 2. The molecule has 182 valence electrons. The molecule has 0 unspecified atom stereocenters. The number of hydrogen-bond donors (Lipinski definition) is 2. The van der Waals surface area contributed by atoms with Gasteiger partial charge in [0.15, 0.2) is 0 Å². The van der Waals surface area contributed by atoms with E-state index in [4.69, 9.17) is 14.2 Å². The van der Waals surface area contributed by atoms with Gasteiger partial charge in [0.25, 0.3) is 11.8 Å². The van der Waals surface area contributed by atoms with E-state index >= 15 is 0 Å². The van der Waals surface area contributed by atoms with E-state index in [0.29, 0.717) is 42.4 Å². The normalized spacial score (nSPS) is 10.2. The predicted octanol–water partition coefficient (Wildman–Crippen LogP) is 4.80. The van der Waals surface area contributed by atoms with Crippen LogP contribution in [0.1, 0.15) is 26.3 Å². The lowest BCUT2D eigenvalue weighted by atomic mass is 10.2. The molecule has 36 heavy (non-hydrogen) atoms. The van der Waals surface area contributed by atoms with Gasteiger partial charge in [0.1, 0.15) is 37.1 Å². The summed E-state index contributed by atoms with van der Waals surface area (Å²) >= 11 is 0. The summed E-state index contributed by atoms with van der Waals surface area (Å²) in [4.78, 5) is 24.8. The third-order valence-corrected chi connectivity index (χ3v) is 5.13. The molecule has 2 amide bonds. The zero-order chi connectivity index (χ0) is 25.0. The largest absolute Gasteiger partial charge is 0.490 e. The molecule has 7 nitrogen and oxygen atoms in total. The number of carbonyl (C=O) groups is 2. The van der Waals surface area contributed by atoms with Gasteiger partial charge in [-0.1, -0.05) is 48.5 Å². The van der Waals surface area contributed by atoms with Crippen LogP contribution in [0.3, 0.4) is 0 Å². The number of para-hydroxylation sites is 1. The average molecular weight is 483 g/mol. The van der Waals surface area contributed by atoms with Gasteiger partial charge in [0.2, 0.25) is 0 Å². The smallest absolute Gasteiger partial charge is 0.269 e. The molecule has 2 N–H and O–H groups in total. The fraction of sp³-hybridized carbons (Fsp3) is 0.103. The average Bonchev–Trinajstić information content (AvgIpc) is 2.94. The van der Waals surface area contributed by atoms with Crippen LogP contribution in [-0.2, 0) is 6.61 Å². The maximum absolute atomic E-state index is 12.4. The van der Waals surface area contributed by atoms with Crippen LogP contribution in [0, 0.1) is 0 Å². The van der Waals surface area contributed by atoms with Crippen LogP contribution in [0.15, 0.2) is 109 Å². The minimum Gasteiger partial charge on any atom is -0.490 e. The third-order valence-electron chi connectivity index (χ3n) is 5.13. The Hall–Kier alpha value is -4.78. The molecule has 0 bridgehead atoms. The molecular formula is C29H26N2O5. The van der Waals surface area contributed by atoms with Crippen LogP contribution in [0.4, 0.5) is 0 Å². The molecule has 7 heteroatoms. The van der Waals surface area contributed by atoms with Crippen molar-refractivity contribution in [2.24, 2.45) is 0 Å². The highest BCUT2D eigenvalue weighted by Crippen LogP contribution is 2.15. The molecule has 0 saturated carbocycles. The van der Waals surface area contributed by atoms with E-state index in [1.54, 1.807) is 48.5 Å². The van der Waals surface area contributed by atoms with Crippen LogP contribution in [-0.4, -0.2) is 25.0 Å². The second kappa shape index (κ2) is 12.6. The zero-order valence-corrected chi connectivity index (χ0v) is 19.6. The van der Waals surface area contributed by atoms with Crippen molar-refractivity contribution in [3.63, 3.8) is 0 Å². The quantitative estimate of drug-likeness (QED) is 0.251. The van der Waals surface area contributed by atoms with Gasteiger partial charge < -0.3 is 14.2 Å². The van der Waals surface area contributed by atoms with Crippen molar-refractivity contribution >= 4 is 11.8 Å². The Morgan fingerprint density at radius 3 is 1.42 bits per heavy atom. The minimum absolute atomic E-state index is 0.368. The van der Waals surface area contributed by atoms with Crippen molar-refractivity contribution in [3.8, 4) is 17.2 Å². The van der Waals surface area contributed by atoms with Crippen molar-refractivity contribution in [2.75, 3.05) is 13.2 Å². The molecule has 4 rings (SSSR count). The Kier molecular flexibility index (Phi) is 8.53. The molecule has 0 aromatic heterocycles. The maximum atomic E-state index is 12.4. The van der Waals surface area contributed by atoms with Gasteiger partial charge in [-0.15, -0.1) is 0 Å². The van der Waals surface area contributed by atoms with E-state index in [-0.39, 0.29) is 0 Å². The minimum atomic E-state index is -0.440. The topological polar surface area (TPSA) is 85.9 Å². The van der Waals surface area contributed by atoms with Crippen molar-refractivity contribution < 1.29 is 23.8 Å². The van der Waals surface area contributed by atoms with E-state index in [2.05, 4.69) is 10.9 Å². The molecule has 0 aliphatic heterocycles. The monoisotopic (exact) mass is 482 g/mol. The van der Waals surface area contributed by atoms with Gasteiger partial charge in [-0.3, -0.25) is 20.4 Å². The van der Waals surface area contributed by atoms with Gasteiger partial charge in [0.05, 0.1) is 0 Å².